The fourth-order valence-corrected chi connectivity index (χ4v) is 2.36. The van der Waals surface area contributed by atoms with E-state index >= 15 is 0 Å². The van der Waals surface area contributed by atoms with Crippen molar-refractivity contribution in [2.24, 2.45) is 0 Å². The second kappa shape index (κ2) is 4.68. The molecule has 1 heterocycles. The van der Waals surface area contributed by atoms with Crippen molar-refractivity contribution in [1.29, 1.82) is 0 Å². The average Bonchev–Trinajstić information content (AvgIpc) is 2.57. The van der Waals surface area contributed by atoms with Gasteiger partial charge in [-0.25, -0.2) is 0 Å². The van der Waals surface area contributed by atoms with E-state index in [1.807, 2.05) is 32.0 Å². The molecule has 6 heteroatoms. The average molecular weight is 286 g/mol. The van der Waals surface area contributed by atoms with E-state index in [4.69, 9.17) is 14.0 Å². The van der Waals surface area contributed by atoms with Gasteiger partial charge in [-0.1, -0.05) is 6.07 Å². The monoisotopic (exact) mass is 286 g/mol. The van der Waals surface area contributed by atoms with Gasteiger partial charge in [-0.15, -0.1) is 0 Å². The largest absolute Gasteiger partial charge is 0.449 e. The van der Waals surface area contributed by atoms with Crippen LogP contribution in [0.15, 0.2) is 18.2 Å². The number of hydrogen-bond acceptors (Lipinski definition) is 4. The molecule has 2 rings (SSSR count). The van der Waals surface area contributed by atoms with Crippen LogP contribution in [0.4, 0.5) is 0 Å². The smallest absolute Gasteiger partial charge is 0.267 e. The zero-order valence-corrected chi connectivity index (χ0v) is 12.0. The van der Waals surface area contributed by atoms with Gasteiger partial charge in [-0.3, -0.25) is 4.55 Å². The third kappa shape index (κ3) is 3.39. The summed E-state index contributed by atoms with van der Waals surface area (Å²) < 4.78 is 42.0. The van der Waals surface area contributed by atoms with E-state index in [9.17, 15) is 8.42 Å². The molecule has 1 aliphatic rings. The molecule has 0 spiro atoms. The first-order valence-electron chi connectivity index (χ1n) is 6.15. The Morgan fingerprint density at radius 2 is 1.89 bits per heavy atom. The standard InChI is InChI=1S/C13H18O5S/c1-9(19(14,15)16)4-5-10-6-7-11-12(8-10)18-13(2,3)17-11/h6-9H,4-5H2,1-3H3,(H,14,15,16)/t9-/m0/s1. The molecule has 0 saturated heterocycles. The van der Waals surface area contributed by atoms with Crippen LogP contribution in [0.1, 0.15) is 32.8 Å². The Bertz CT molecular complexity index is 577. The zero-order chi connectivity index (χ0) is 14.3. The Hall–Kier alpha value is -1.27. The van der Waals surface area contributed by atoms with Crippen LogP contribution in [0.3, 0.4) is 0 Å². The lowest BCUT2D eigenvalue weighted by Gasteiger charge is -2.16. The summed E-state index contributed by atoms with van der Waals surface area (Å²) in [7, 11) is -3.96. The molecule has 0 unspecified atom stereocenters. The molecule has 0 radical (unpaired) electrons. The summed E-state index contributed by atoms with van der Waals surface area (Å²) in [6.45, 7) is 5.14. The van der Waals surface area contributed by atoms with Crippen molar-refractivity contribution in [2.45, 2.75) is 44.6 Å². The van der Waals surface area contributed by atoms with Gasteiger partial charge >= 0.3 is 0 Å². The second-order valence-corrected chi connectivity index (χ2v) is 7.08. The lowest BCUT2D eigenvalue weighted by Crippen LogP contribution is -2.29. The minimum absolute atomic E-state index is 0.363. The number of fused-ring (bicyclic) bond motifs is 1. The Kier molecular flexibility index (Phi) is 3.49. The molecule has 5 nitrogen and oxygen atoms in total. The number of hydrogen-bond donors (Lipinski definition) is 1. The van der Waals surface area contributed by atoms with Gasteiger partial charge in [0.05, 0.1) is 5.25 Å². The summed E-state index contributed by atoms with van der Waals surface area (Å²) in [6.07, 6.45) is 0.917. The highest BCUT2D eigenvalue weighted by Gasteiger charge is 2.31. The van der Waals surface area contributed by atoms with Gasteiger partial charge in [0.2, 0.25) is 5.79 Å². The second-order valence-electron chi connectivity index (χ2n) is 5.25. The molecule has 0 fully saturated rings. The summed E-state index contributed by atoms with van der Waals surface area (Å²) in [4.78, 5) is 0. The Morgan fingerprint density at radius 3 is 2.53 bits per heavy atom. The molecule has 0 aliphatic carbocycles. The van der Waals surface area contributed by atoms with Crippen molar-refractivity contribution in [3.63, 3.8) is 0 Å². The molecular weight excluding hydrogens is 268 g/mol. The number of rotatable bonds is 4. The summed E-state index contributed by atoms with van der Waals surface area (Å²) >= 11 is 0. The summed E-state index contributed by atoms with van der Waals surface area (Å²) in [5, 5.41) is -0.769. The van der Waals surface area contributed by atoms with Crippen LogP contribution in [0.5, 0.6) is 11.5 Å². The van der Waals surface area contributed by atoms with E-state index in [1.165, 1.54) is 6.92 Å². The fourth-order valence-electron chi connectivity index (χ4n) is 1.94. The molecule has 19 heavy (non-hydrogen) atoms. The first-order chi connectivity index (χ1) is 8.67. The normalized spacial score (nSPS) is 18.3. The maximum atomic E-state index is 10.9. The van der Waals surface area contributed by atoms with E-state index in [-0.39, 0.29) is 0 Å². The molecule has 1 atom stereocenters. The Morgan fingerprint density at radius 1 is 1.26 bits per heavy atom. The molecule has 0 amide bonds. The first-order valence-corrected chi connectivity index (χ1v) is 7.65. The minimum atomic E-state index is -3.96. The first kappa shape index (κ1) is 14.1. The van der Waals surface area contributed by atoms with Gasteiger partial charge in [0, 0.05) is 13.8 Å². The Labute approximate surface area is 113 Å². The maximum absolute atomic E-state index is 10.9. The molecule has 106 valence electrons. The van der Waals surface area contributed by atoms with Crippen molar-refractivity contribution in [3.8, 4) is 11.5 Å². The van der Waals surface area contributed by atoms with Gasteiger partial charge in [0.15, 0.2) is 11.5 Å². The highest BCUT2D eigenvalue weighted by Crippen LogP contribution is 2.39. The third-order valence-electron chi connectivity index (χ3n) is 3.07. The summed E-state index contributed by atoms with van der Waals surface area (Å²) in [5.41, 5.74) is 0.954. The number of ether oxygens (including phenoxy) is 2. The van der Waals surface area contributed by atoms with E-state index in [0.717, 1.165) is 5.56 Å². The molecule has 1 aliphatic heterocycles. The molecule has 0 saturated carbocycles. The van der Waals surface area contributed by atoms with Crippen molar-refractivity contribution < 1.29 is 22.4 Å². The third-order valence-corrected chi connectivity index (χ3v) is 4.32. The number of aryl methyl sites for hydroxylation is 1. The minimum Gasteiger partial charge on any atom is -0.449 e. The predicted molar refractivity (Wildman–Crippen MR) is 71.1 cm³/mol. The highest BCUT2D eigenvalue weighted by molar-refractivity contribution is 7.86. The van der Waals surface area contributed by atoms with E-state index in [1.54, 1.807) is 0 Å². The van der Waals surface area contributed by atoms with E-state index in [0.29, 0.717) is 24.3 Å². The Balaban J connectivity index is 2.05. The SMILES string of the molecule is C[C@@H](CCc1ccc2c(c1)OC(C)(C)O2)S(=O)(=O)O. The van der Waals surface area contributed by atoms with Crippen LogP contribution in [0.25, 0.3) is 0 Å². The molecule has 1 aromatic rings. The van der Waals surface area contributed by atoms with Crippen LogP contribution >= 0.6 is 0 Å². The van der Waals surface area contributed by atoms with E-state index in [2.05, 4.69) is 0 Å². The lowest BCUT2D eigenvalue weighted by molar-refractivity contribution is -0.0431. The van der Waals surface area contributed by atoms with Gasteiger partial charge in [-0.2, -0.15) is 8.42 Å². The van der Waals surface area contributed by atoms with Crippen LogP contribution in [0, 0.1) is 0 Å². The predicted octanol–water partition coefficient (Wildman–Crippen LogP) is 2.40. The highest BCUT2D eigenvalue weighted by atomic mass is 32.2. The zero-order valence-electron chi connectivity index (χ0n) is 11.2. The molecular formula is C13H18O5S. The van der Waals surface area contributed by atoms with Crippen LogP contribution in [-0.4, -0.2) is 24.0 Å². The van der Waals surface area contributed by atoms with E-state index < -0.39 is 21.2 Å². The van der Waals surface area contributed by atoms with Gasteiger partial charge < -0.3 is 9.47 Å². The fraction of sp³-hybridized carbons (Fsp3) is 0.538. The van der Waals surface area contributed by atoms with Crippen molar-refractivity contribution in [3.05, 3.63) is 23.8 Å². The van der Waals surface area contributed by atoms with Crippen LogP contribution < -0.4 is 9.47 Å². The number of benzene rings is 1. The van der Waals surface area contributed by atoms with Gasteiger partial charge in [-0.05, 0) is 37.5 Å². The lowest BCUT2D eigenvalue weighted by atomic mass is 10.1. The quantitative estimate of drug-likeness (QED) is 0.860. The van der Waals surface area contributed by atoms with Crippen LogP contribution in [0.2, 0.25) is 0 Å². The summed E-state index contributed by atoms with van der Waals surface area (Å²) in [5.74, 6) is 0.696. The topological polar surface area (TPSA) is 72.8 Å². The van der Waals surface area contributed by atoms with Crippen molar-refractivity contribution in [1.82, 2.24) is 0 Å². The van der Waals surface area contributed by atoms with Crippen molar-refractivity contribution >= 4 is 10.1 Å². The molecule has 1 aromatic carbocycles. The molecule has 0 aromatic heterocycles. The van der Waals surface area contributed by atoms with Crippen molar-refractivity contribution in [2.75, 3.05) is 0 Å². The molecule has 0 bridgehead atoms. The van der Waals surface area contributed by atoms with Gasteiger partial charge in [0.25, 0.3) is 10.1 Å². The summed E-state index contributed by atoms with van der Waals surface area (Å²) in [6, 6.07) is 5.54. The maximum Gasteiger partial charge on any atom is 0.267 e. The van der Waals surface area contributed by atoms with Crippen LogP contribution in [-0.2, 0) is 16.5 Å². The molecule has 1 N–H and O–H groups in total. The van der Waals surface area contributed by atoms with Gasteiger partial charge in [0.1, 0.15) is 0 Å².